The first-order valence-corrected chi connectivity index (χ1v) is 9.58. The third-order valence-corrected chi connectivity index (χ3v) is 4.25. The molecule has 0 unspecified atom stereocenters. The number of rotatable bonds is 3. The summed E-state index contributed by atoms with van der Waals surface area (Å²) in [7, 11) is 0. The van der Waals surface area contributed by atoms with Gasteiger partial charge in [-0.2, -0.15) is 0 Å². The van der Waals surface area contributed by atoms with E-state index in [0.29, 0.717) is 0 Å². The Kier molecular flexibility index (Phi) is 10.1. The molecule has 0 aliphatic carbocycles. The maximum absolute atomic E-state index is 4.59. The van der Waals surface area contributed by atoms with Crippen LogP contribution in [-0.2, 0) is 20.1 Å². The molecule has 0 amide bonds. The summed E-state index contributed by atoms with van der Waals surface area (Å²) >= 11 is 0. The predicted octanol–water partition coefficient (Wildman–Crippen LogP) is 6.20. The quantitative estimate of drug-likeness (QED) is 0.234. The zero-order chi connectivity index (χ0) is 20.4. The average Bonchev–Trinajstić information content (AvgIpc) is 2.87. The van der Waals surface area contributed by atoms with Crippen molar-refractivity contribution < 1.29 is 20.1 Å². The molecule has 5 aromatic rings. The number of nitrogens with zero attached hydrogens (tertiary/aromatic N) is 4. The first-order chi connectivity index (χ1) is 14.9. The zero-order valence-corrected chi connectivity index (χ0v) is 20.0. The van der Waals surface area contributed by atoms with Crippen LogP contribution in [0.2, 0.25) is 0 Å². The van der Waals surface area contributed by atoms with Gasteiger partial charge in [-0.15, -0.1) is 35.9 Å². The van der Waals surface area contributed by atoms with Crippen molar-refractivity contribution >= 4 is 0 Å². The number of aromatic nitrogens is 4. The summed E-state index contributed by atoms with van der Waals surface area (Å²) in [6, 6.07) is 34.3. The molecule has 161 valence electrons. The molecule has 1 radical (unpaired) electrons. The second kappa shape index (κ2) is 13.0. The molecule has 0 N–H and O–H groups in total. The maximum atomic E-state index is 4.59. The first kappa shape index (κ1) is 24.7. The van der Waals surface area contributed by atoms with Gasteiger partial charge in [-0.05, 0) is 48.2 Å². The van der Waals surface area contributed by atoms with Crippen LogP contribution < -0.4 is 0 Å². The number of hydrogen-bond acceptors (Lipinski definition) is 4. The van der Waals surface area contributed by atoms with Crippen molar-refractivity contribution in [3.8, 4) is 34.0 Å². The average molecular weight is 595 g/mol. The van der Waals surface area contributed by atoms with Crippen LogP contribution >= 0.6 is 0 Å². The first-order valence-electron chi connectivity index (χ1n) is 9.58. The molecule has 4 nitrogen and oxygen atoms in total. The molecule has 1 aromatic carbocycles. The summed E-state index contributed by atoms with van der Waals surface area (Å²) in [6.07, 6.45) is 5.32. The van der Waals surface area contributed by atoms with Gasteiger partial charge in [-0.3, -0.25) is 9.97 Å². The second-order valence-corrected chi connectivity index (χ2v) is 6.33. The Morgan fingerprint density at radius 3 is 1.38 bits per heavy atom. The van der Waals surface area contributed by atoms with Gasteiger partial charge in [0.1, 0.15) is 0 Å². The van der Waals surface area contributed by atoms with Gasteiger partial charge in [0, 0.05) is 38.7 Å². The fraction of sp³-hybridized carbons (Fsp3) is 0. The molecule has 5 rings (SSSR count). The van der Waals surface area contributed by atoms with E-state index in [1.54, 1.807) is 18.6 Å². The second-order valence-electron chi connectivity index (χ2n) is 6.33. The molecule has 4 heterocycles. The van der Waals surface area contributed by atoms with Crippen molar-refractivity contribution in [2.75, 3.05) is 0 Å². The molecule has 4 aromatic heterocycles. The molecule has 0 saturated carbocycles. The molecule has 0 aliphatic heterocycles. The Balaban J connectivity index is 0.000000229. The van der Waals surface area contributed by atoms with Gasteiger partial charge in [0.15, 0.2) is 0 Å². The van der Waals surface area contributed by atoms with Crippen LogP contribution in [-0.4, -0.2) is 19.9 Å². The van der Waals surface area contributed by atoms with Gasteiger partial charge in [-0.25, -0.2) is 4.98 Å². The van der Waals surface area contributed by atoms with Crippen LogP contribution in [0.3, 0.4) is 0 Å². The van der Waals surface area contributed by atoms with Crippen LogP contribution in [0.1, 0.15) is 0 Å². The van der Waals surface area contributed by atoms with Crippen molar-refractivity contribution in [2.45, 2.75) is 0 Å². The fourth-order valence-electron chi connectivity index (χ4n) is 2.82. The maximum Gasteiger partial charge on any atom is 0.0894 e. The summed E-state index contributed by atoms with van der Waals surface area (Å²) in [5, 5.41) is 0. The molecular formula is C27H22IrN4-2. The van der Waals surface area contributed by atoms with Gasteiger partial charge < -0.3 is 12.4 Å². The standard InChI is InChI=1S/C15H11N3.C11H8N.CH3.Ir/c1-3-10-16-12(6-1)14-8-5-9-15(18-14)13-7-2-4-11-17-13;1-2-6-10(7-3-1)11-8-4-5-9-12-11;;/h1-11H;1-6,8-9H;1H3;/q;2*-1;. The van der Waals surface area contributed by atoms with E-state index in [4.69, 9.17) is 0 Å². The Labute approximate surface area is 202 Å². The SMILES string of the molecule is [CH3-].[Ir].[c-]1ccccc1-c1ccccn1.c1ccc(-c2cccc(-c3ccccn3)n2)nc1. The molecule has 0 atom stereocenters. The van der Waals surface area contributed by atoms with E-state index >= 15 is 0 Å². The number of pyridine rings is 4. The third kappa shape index (κ3) is 6.74. The molecule has 0 fully saturated rings. The van der Waals surface area contributed by atoms with E-state index in [2.05, 4.69) is 26.0 Å². The van der Waals surface area contributed by atoms with Gasteiger partial charge in [0.2, 0.25) is 0 Å². The molecule has 0 aliphatic rings. The van der Waals surface area contributed by atoms with Crippen LogP contribution in [0, 0.1) is 13.5 Å². The molecule has 0 saturated heterocycles. The topological polar surface area (TPSA) is 51.6 Å². The van der Waals surface area contributed by atoms with Crippen molar-refractivity contribution in [1.29, 1.82) is 0 Å². The van der Waals surface area contributed by atoms with Crippen LogP contribution in [0.15, 0.2) is 116 Å². The van der Waals surface area contributed by atoms with E-state index in [1.165, 1.54) is 0 Å². The normalized spacial score (nSPS) is 9.38. The zero-order valence-electron chi connectivity index (χ0n) is 17.6. The summed E-state index contributed by atoms with van der Waals surface area (Å²) < 4.78 is 0. The van der Waals surface area contributed by atoms with E-state index in [-0.39, 0.29) is 27.5 Å². The minimum Gasteiger partial charge on any atom is -0.358 e. The van der Waals surface area contributed by atoms with Crippen molar-refractivity contribution in [3.63, 3.8) is 0 Å². The Morgan fingerprint density at radius 2 is 0.938 bits per heavy atom. The predicted molar refractivity (Wildman–Crippen MR) is 126 cm³/mol. The van der Waals surface area contributed by atoms with Crippen LogP contribution in [0.25, 0.3) is 34.0 Å². The monoisotopic (exact) mass is 595 g/mol. The fourth-order valence-corrected chi connectivity index (χ4v) is 2.82. The van der Waals surface area contributed by atoms with Gasteiger partial charge >= 0.3 is 0 Å². The largest absolute Gasteiger partial charge is 0.358 e. The molecule has 5 heteroatoms. The summed E-state index contributed by atoms with van der Waals surface area (Å²) in [6.45, 7) is 0. The smallest absolute Gasteiger partial charge is 0.0894 e. The Hall–Kier alpha value is -3.53. The van der Waals surface area contributed by atoms with E-state index in [1.807, 2.05) is 97.1 Å². The Bertz CT molecular complexity index is 1080. The summed E-state index contributed by atoms with van der Waals surface area (Å²) in [4.78, 5) is 17.4. The Morgan fingerprint density at radius 1 is 0.469 bits per heavy atom. The number of benzene rings is 1. The molecule has 0 spiro atoms. The van der Waals surface area contributed by atoms with Crippen molar-refractivity contribution in [2.24, 2.45) is 0 Å². The molecule has 0 bridgehead atoms. The number of hydrogen-bond donors (Lipinski definition) is 0. The van der Waals surface area contributed by atoms with Gasteiger partial charge in [0.25, 0.3) is 0 Å². The third-order valence-electron chi connectivity index (χ3n) is 4.25. The van der Waals surface area contributed by atoms with Crippen molar-refractivity contribution in [1.82, 2.24) is 19.9 Å². The van der Waals surface area contributed by atoms with Crippen molar-refractivity contribution in [3.05, 3.63) is 129 Å². The summed E-state index contributed by atoms with van der Waals surface area (Å²) in [5.41, 5.74) is 5.47. The van der Waals surface area contributed by atoms with E-state index in [0.717, 1.165) is 34.0 Å². The van der Waals surface area contributed by atoms with Gasteiger partial charge in [0.05, 0.1) is 22.8 Å². The molecule has 32 heavy (non-hydrogen) atoms. The van der Waals surface area contributed by atoms with Crippen LogP contribution in [0.4, 0.5) is 0 Å². The van der Waals surface area contributed by atoms with E-state index in [9.17, 15) is 0 Å². The van der Waals surface area contributed by atoms with Gasteiger partial charge in [-0.1, -0.05) is 30.3 Å². The van der Waals surface area contributed by atoms with Crippen LogP contribution in [0.5, 0.6) is 0 Å². The van der Waals surface area contributed by atoms with E-state index < -0.39 is 0 Å². The minimum atomic E-state index is 0. The molecular weight excluding hydrogens is 573 g/mol. The summed E-state index contributed by atoms with van der Waals surface area (Å²) in [5.74, 6) is 0. The minimum absolute atomic E-state index is 0.